The molecule has 0 aliphatic rings. The number of ether oxygens (including phenoxy) is 2. The highest BCUT2D eigenvalue weighted by atomic mass is 32.2. The Balaban J connectivity index is 2.17. The zero-order valence-electron chi connectivity index (χ0n) is 15.5. The van der Waals surface area contributed by atoms with Crippen LogP contribution in [0.3, 0.4) is 0 Å². The van der Waals surface area contributed by atoms with E-state index >= 15 is 0 Å². The van der Waals surface area contributed by atoms with E-state index in [0.29, 0.717) is 17.2 Å². The van der Waals surface area contributed by atoms with Crippen molar-refractivity contribution < 1.29 is 22.3 Å². The van der Waals surface area contributed by atoms with Crippen LogP contribution in [0.5, 0.6) is 11.5 Å². The number of anilines is 1. The van der Waals surface area contributed by atoms with Crippen molar-refractivity contribution in [3.05, 3.63) is 84.2 Å². The fourth-order valence-corrected chi connectivity index (χ4v) is 4.28. The summed E-state index contributed by atoms with van der Waals surface area (Å²) >= 11 is 0. The average molecular weight is 401 g/mol. The molecule has 3 aromatic rings. The van der Waals surface area contributed by atoms with Gasteiger partial charge in [0.25, 0.3) is 10.0 Å². The van der Waals surface area contributed by atoms with Gasteiger partial charge in [0.05, 0.1) is 26.5 Å². The van der Waals surface area contributed by atoms with Gasteiger partial charge in [0.1, 0.15) is 22.2 Å². The molecule has 7 heteroatoms. The first-order valence-corrected chi connectivity index (χ1v) is 9.94. The third-order valence-corrected chi connectivity index (χ3v) is 6.00. The van der Waals surface area contributed by atoms with E-state index in [1.165, 1.54) is 32.4 Å². The first-order valence-electron chi connectivity index (χ1n) is 8.50. The Kier molecular flexibility index (Phi) is 5.84. The summed E-state index contributed by atoms with van der Waals surface area (Å²) in [4.78, 5) is -0.396. The molecule has 0 saturated carbocycles. The van der Waals surface area contributed by atoms with Gasteiger partial charge in [0.15, 0.2) is 0 Å². The molecule has 0 unspecified atom stereocenters. The van der Waals surface area contributed by atoms with Gasteiger partial charge >= 0.3 is 0 Å². The summed E-state index contributed by atoms with van der Waals surface area (Å²) in [5.41, 5.74) is 1.06. The first kappa shape index (κ1) is 19.7. The molecule has 0 bridgehead atoms. The minimum absolute atomic E-state index is 0.0217. The van der Waals surface area contributed by atoms with Gasteiger partial charge in [-0.25, -0.2) is 12.8 Å². The van der Waals surface area contributed by atoms with Crippen molar-refractivity contribution in [3.63, 3.8) is 0 Å². The number of methoxy groups -OCH3 is 2. The van der Waals surface area contributed by atoms with Gasteiger partial charge in [-0.1, -0.05) is 42.5 Å². The quantitative estimate of drug-likeness (QED) is 0.594. The zero-order valence-corrected chi connectivity index (χ0v) is 16.3. The number of rotatable bonds is 7. The molecule has 0 atom stereocenters. The van der Waals surface area contributed by atoms with Crippen LogP contribution < -0.4 is 13.8 Å². The van der Waals surface area contributed by atoms with E-state index in [9.17, 15) is 12.8 Å². The summed E-state index contributed by atoms with van der Waals surface area (Å²) in [5, 5.41) is 0. The van der Waals surface area contributed by atoms with Gasteiger partial charge in [0.2, 0.25) is 0 Å². The lowest BCUT2D eigenvalue weighted by Gasteiger charge is -2.25. The predicted octanol–water partition coefficient (Wildman–Crippen LogP) is 4.24. The average Bonchev–Trinajstić information content (AvgIpc) is 2.72. The molecule has 0 saturated heterocycles. The van der Waals surface area contributed by atoms with Crippen LogP contribution in [-0.4, -0.2) is 22.6 Å². The zero-order chi connectivity index (χ0) is 20.1. The Hall–Kier alpha value is -3.06. The highest BCUT2D eigenvalue weighted by Gasteiger charge is 2.28. The summed E-state index contributed by atoms with van der Waals surface area (Å²) < 4.78 is 52.7. The fourth-order valence-electron chi connectivity index (χ4n) is 2.77. The largest absolute Gasteiger partial charge is 0.497 e. The van der Waals surface area contributed by atoms with Crippen molar-refractivity contribution >= 4 is 15.7 Å². The molecule has 0 aliphatic carbocycles. The lowest BCUT2D eigenvalue weighted by Crippen LogP contribution is -2.31. The Morgan fingerprint density at radius 3 is 2.00 bits per heavy atom. The number of sulfonamides is 1. The highest BCUT2D eigenvalue weighted by Crippen LogP contribution is 2.33. The topological polar surface area (TPSA) is 55.8 Å². The lowest BCUT2D eigenvalue weighted by molar-refractivity contribution is 0.394. The minimum Gasteiger partial charge on any atom is -0.497 e. The number of hydrogen-bond acceptors (Lipinski definition) is 4. The summed E-state index contributed by atoms with van der Waals surface area (Å²) in [6.45, 7) is 0.0217. The van der Waals surface area contributed by atoms with Crippen LogP contribution in [0.2, 0.25) is 0 Å². The fraction of sp³-hybridized carbons (Fsp3) is 0.143. The second-order valence-electron chi connectivity index (χ2n) is 6.00. The maximum Gasteiger partial charge on any atom is 0.267 e. The van der Waals surface area contributed by atoms with Gasteiger partial charge in [-0.05, 0) is 17.7 Å². The summed E-state index contributed by atoms with van der Waals surface area (Å²) in [6.07, 6.45) is 0. The van der Waals surface area contributed by atoms with E-state index in [0.717, 1.165) is 15.9 Å². The van der Waals surface area contributed by atoms with Crippen LogP contribution in [0.15, 0.2) is 77.7 Å². The maximum atomic E-state index is 14.3. The molecular formula is C21H20FNO4S. The van der Waals surface area contributed by atoms with Crippen LogP contribution in [0, 0.1) is 5.82 Å². The molecule has 0 aliphatic heterocycles. The van der Waals surface area contributed by atoms with Crippen molar-refractivity contribution in [1.29, 1.82) is 0 Å². The van der Waals surface area contributed by atoms with Crippen molar-refractivity contribution in [2.75, 3.05) is 18.5 Å². The molecule has 146 valence electrons. The molecule has 3 aromatic carbocycles. The van der Waals surface area contributed by atoms with Crippen molar-refractivity contribution in [2.45, 2.75) is 11.4 Å². The third kappa shape index (κ3) is 4.09. The van der Waals surface area contributed by atoms with E-state index in [1.54, 1.807) is 30.3 Å². The van der Waals surface area contributed by atoms with Crippen LogP contribution in [0.4, 0.5) is 10.1 Å². The molecule has 3 rings (SSSR count). The molecule has 5 nitrogen and oxygen atoms in total. The second kappa shape index (κ2) is 8.31. The summed E-state index contributed by atoms with van der Waals surface area (Å²) in [7, 11) is -1.23. The molecule has 0 amide bonds. The molecule has 0 spiro atoms. The molecule has 28 heavy (non-hydrogen) atoms. The number of nitrogens with zero attached hydrogens (tertiary/aromatic N) is 1. The van der Waals surface area contributed by atoms with E-state index in [2.05, 4.69) is 0 Å². The molecule has 0 N–H and O–H groups in total. The molecule has 0 aromatic heterocycles. The van der Waals surface area contributed by atoms with Crippen molar-refractivity contribution in [3.8, 4) is 11.5 Å². The molecule has 0 fully saturated rings. The Morgan fingerprint density at radius 1 is 0.857 bits per heavy atom. The van der Waals surface area contributed by atoms with Crippen molar-refractivity contribution in [2.24, 2.45) is 0 Å². The van der Waals surface area contributed by atoms with Gasteiger partial charge in [-0.2, -0.15) is 0 Å². The predicted molar refractivity (Wildman–Crippen MR) is 106 cm³/mol. The molecule has 0 radical (unpaired) electrons. The monoisotopic (exact) mass is 401 g/mol. The number of hydrogen-bond donors (Lipinski definition) is 0. The smallest absolute Gasteiger partial charge is 0.267 e. The first-order chi connectivity index (χ1) is 13.5. The van der Waals surface area contributed by atoms with Crippen molar-refractivity contribution in [1.82, 2.24) is 0 Å². The van der Waals surface area contributed by atoms with Gasteiger partial charge in [-0.15, -0.1) is 0 Å². The van der Waals surface area contributed by atoms with Gasteiger partial charge in [0, 0.05) is 18.2 Å². The summed E-state index contributed by atoms with van der Waals surface area (Å²) in [5.74, 6) is 0.0442. The Bertz CT molecular complexity index is 1030. The third-order valence-electron chi connectivity index (χ3n) is 4.20. The van der Waals surface area contributed by atoms with Crippen LogP contribution in [0.1, 0.15) is 5.56 Å². The molecular weight excluding hydrogens is 381 g/mol. The van der Waals surface area contributed by atoms with Gasteiger partial charge in [-0.3, -0.25) is 4.31 Å². The minimum atomic E-state index is -4.19. The highest BCUT2D eigenvalue weighted by molar-refractivity contribution is 7.92. The van der Waals surface area contributed by atoms with E-state index in [-0.39, 0.29) is 6.54 Å². The second-order valence-corrected chi connectivity index (χ2v) is 7.83. The van der Waals surface area contributed by atoms with Crippen LogP contribution in [0.25, 0.3) is 0 Å². The van der Waals surface area contributed by atoms with Gasteiger partial charge < -0.3 is 9.47 Å². The van der Waals surface area contributed by atoms with E-state index < -0.39 is 20.7 Å². The Labute approximate surface area is 164 Å². The summed E-state index contributed by atoms with van der Waals surface area (Å²) in [6, 6.07) is 19.2. The van der Waals surface area contributed by atoms with Crippen LogP contribution >= 0.6 is 0 Å². The van der Waals surface area contributed by atoms with E-state index in [4.69, 9.17) is 9.47 Å². The SMILES string of the molecule is COc1cc(OC)cc(N(Cc2ccccc2)S(=O)(=O)c2ccccc2F)c1. The molecule has 0 heterocycles. The normalized spacial score (nSPS) is 11.1. The lowest BCUT2D eigenvalue weighted by atomic mass is 10.2. The van der Waals surface area contributed by atoms with Crippen LogP contribution in [-0.2, 0) is 16.6 Å². The number of halogens is 1. The Morgan fingerprint density at radius 2 is 1.43 bits per heavy atom. The van der Waals surface area contributed by atoms with E-state index in [1.807, 2.05) is 18.2 Å². The maximum absolute atomic E-state index is 14.3. The standard InChI is InChI=1S/C21H20FNO4S/c1-26-18-12-17(13-19(14-18)27-2)23(15-16-8-4-3-5-9-16)28(24,25)21-11-7-6-10-20(21)22/h3-14H,15H2,1-2H3. The number of benzene rings is 3.